The van der Waals surface area contributed by atoms with Crippen LogP contribution >= 0.6 is 0 Å². The summed E-state index contributed by atoms with van der Waals surface area (Å²) in [5.41, 5.74) is 12.5. The van der Waals surface area contributed by atoms with Gasteiger partial charge >= 0.3 is 0 Å². The van der Waals surface area contributed by atoms with E-state index in [4.69, 9.17) is 11.5 Å². The normalized spacial score (nSPS) is 11.0. The Morgan fingerprint density at radius 2 is 1.78 bits per heavy atom. The second-order valence-corrected chi connectivity index (χ2v) is 1.95. The van der Waals surface area contributed by atoms with Crippen LogP contribution in [-0.2, 0) is 0 Å². The number of hydrogen-bond donors (Lipinski definition) is 2. The van der Waals surface area contributed by atoms with E-state index in [9.17, 15) is 0 Å². The molecular formula is C7H12N2. The Hall–Kier alpha value is -1.18. The van der Waals surface area contributed by atoms with Crippen LogP contribution in [0.1, 0.15) is 6.92 Å². The van der Waals surface area contributed by atoms with Gasteiger partial charge < -0.3 is 11.5 Å². The van der Waals surface area contributed by atoms with Crippen molar-refractivity contribution in [2.24, 2.45) is 11.5 Å². The predicted molar refractivity (Wildman–Crippen MR) is 40.4 cm³/mol. The quantitative estimate of drug-likeness (QED) is 0.537. The molecule has 0 rings (SSSR count). The zero-order chi connectivity index (χ0) is 7.44. The van der Waals surface area contributed by atoms with Crippen LogP contribution in [0.3, 0.4) is 0 Å². The molecule has 9 heavy (non-hydrogen) atoms. The van der Waals surface area contributed by atoms with Crippen LogP contribution in [0, 0.1) is 0 Å². The van der Waals surface area contributed by atoms with E-state index >= 15 is 0 Å². The summed E-state index contributed by atoms with van der Waals surface area (Å²) in [6.45, 7) is 8.89. The first kappa shape index (κ1) is 7.82. The van der Waals surface area contributed by atoms with E-state index in [1.165, 1.54) is 0 Å². The third kappa shape index (κ3) is 3.41. The Bertz CT molecular complexity index is 166. The Morgan fingerprint density at radius 1 is 1.33 bits per heavy atom. The van der Waals surface area contributed by atoms with Crippen LogP contribution in [0.4, 0.5) is 0 Å². The van der Waals surface area contributed by atoms with Crippen molar-refractivity contribution in [1.29, 1.82) is 0 Å². The standard InChI is InChI=1S/C7H12N2/c1-5(2)7(9)4-6(3)8/h4H,1,3,8-9H2,2H3/b7-4+. The Labute approximate surface area is 55.5 Å². The number of hydrogen-bond acceptors (Lipinski definition) is 2. The van der Waals surface area contributed by atoms with E-state index in [0.717, 1.165) is 5.57 Å². The predicted octanol–water partition coefficient (Wildman–Crippen LogP) is 0.878. The lowest BCUT2D eigenvalue weighted by atomic mass is 10.2. The molecule has 0 amide bonds. The number of rotatable bonds is 2. The lowest BCUT2D eigenvalue weighted by Crippen LogP contribution is -2.01. The number of allylic oxidation sites excluding steroid dienone is 2. The first-order chi connectivity index (χ1) is 4.04. The van der Waals surface area contributed by atoms with Gasteiger partial charge in [0, 0.05) is 11.4 Å². The molecule has 0 aliphatic heterocycles. The van der Waals surface area contributed by atoms with E-state index in [1.807, 2.05) is 6.92 Å². The lowest BCUT2D eigenvalue weighted by molar-refractivity contribution is 1.27. The molecule has 2 nitrogen and oxygen atoms in total. The first-order valence-corrected chi connectivity index (χ1v) is 2.61. The SMILES string of the molecule is C=C(N)/C=C(/N)C(=C)C. The van der Waals surface area contributed by atoms with Crippen molar-refractivity contribution < 1.29 is 0 Å². The fraction of sp³-hybridized carbons (Fsp3) is 0.143. The largest absolute Gasteiger partial charge is 0.399 e. The number of nitrogens with two attached hydrogens (primary N) is 2. The topological polar surface area (TPSA) is 52.0 Å². The molecule has 0 aromatic rings. The molecule has 0 saturated heterocycles. The average molecular weight is 124 g/mol. The summed E-state index contributed by atoms with van der Waals surface area (Å²) in [7, 11) is 0. The van der Waals surface area contributed by atoms with Gasteiger partial charge in [-0.2, -0.15) is 0 Å². The highest BCUT2D eigenvalue weighted by Crippen LogP contribution is 1.98. The molecule has 0 atom stereocenters. The van der Waals surface area contributed by atoms with E-state index < -0.39 is 0 Å². The molecule has 0 saturated carbocycles. The summed E-state index contributed by atoms with van der Waals surface area (Å²) >= 11 is 0. The third-order valence-electron chi connectivity index (χ3n) is 0.834. The molecule has 0 aromatic carbocycles. The average Bonchev–Trinajstić information content (AvgIpc) is 1.63. The molecule has 0 aliphatic rings. The van der Waals surface area contributed by atoms with Crippen molar-refractivity contribution in [3.63, 3.8) is 0 Å². The minimum absolute atomic E-state index is 0.454. The summed E-state index contributed by atoms with van der Waals surface area (Å²) in [6, 6.07) is 0. The van der Waals surface area contributed by atoms with E-state index in [-0.39, 0.29) is 0 Å². The fourth-order valence-corrected chi connectivity index (χ4v) is 0.323. The minimum atomic E-state index is 0.454. The highest BCUT2D eigenvalue weighted by Gasteiger charge is 1.87. The second kappa shape index (κ2) is 2.97. The zero-order valence-corrected chi connectivity index (χ0v) is 5.65. The molecule has 0 heterocycles. The molecule has 4 N–H and O–H groups in total. The van der Waals surface area contributed by atoms with Gasteiger partial charge in [0.2, 0.25) is 0 Å². The van der Waals surface area contributed by atoms with Gasteiger partial charge in [-0.15, -0.1) is 0 Å². The fourth-order valence-electron chi connectivity index (χ4n) is 0.323. The summed E-state index contributed by atoms with van der Waals surface area (Å²) in [5.74, 6) is 0. The van der Waals surface area contributed by atoms with Crippen LogP contribution in [0.2, 0.25) is 0 Å². The summed E-state index contributed by atoms with van der Waals surface area (Å²) in [5, 5.41) is 0. The summed E-state index contributed by atoms with van der Waals surface area (Å²) in [6.07, 6.45) is 1.59. The van der Waals surface area contributed by atoms with Gasteiger partial charge in [0.15, 0.2) is 0 Å². The molecule has 0 fully saturated rings. The van der Waals surface area contributed by atoms with Gasteiger partial charge in [-0.1, -0.05) is 13.2 Å². The minimum Gasteiger partial charge on any atom is -0.399 e. The summed E-state index contributed by atoms with van der Waals surface area (Å²) in [4.78, 5) is 0. The van der Waals surface area contributed by atoms with Crippen molar-refractivity contribution in [2.75, 3.05) is 0 Å². The van der Waals surface area contributed by atoms with E-state index in [0.29, 0.717) is 11.4 Å². The van der Waals surface area contributed by atoms with Crippen LogP contribution in [-0.4, -0.2) is 0 Å². The van der Waals surface area contributed by atoms with Crippen molar-refractivity contribution in [3.05, 3.63) is 36.2 Å². The highest BCUT2D eigenvalue weighted by molar-refractivity contribution is 5.29. The molecule has 50 valence electrons. The monoisotopic (exact) mass is 124 g/mol. The van der Waals surface area contributed by atoms with Crippen LogP contribution in [0.25, 0.3) is 0 Å². The van der Waals surface area contributed by atoms with Gasteiger partial charge in [-0.05, 0) is 18.6 Å². The molecule has 0 aliphatic carbocycles. The zero-order valence-electron chi connectivity index (χ0n) is 5.65. The maximum absolute atomic E-state index is 5.44. The van der Waals surface area contributed by atoms with E-state index in [2.05, 4.69) is 13.2 Å². The molecule has 2 heteroatoms. The van der Waals surface area contributed by atoms with Crippen molar-refractivity contribution in [3.8, 4) is 0 Å². The van der Waals surface area contributed by atoms with Gasteiger partial charge in [-0.3, -0.25) is 0 Å². The van der Waals surface area contributed by atoms with E-state index in [1.54, 1.807) is 6.08 Å². The van der Waals surface area contributed by atoms with Crippen LogP contribution < -0.4 is 11.5 Å². The molecule has 0 spiro atoms. The smallest absolute Gasteiger partial charge is 0.0358 e. The third-order valence-corrected chi connectivity index (χ3v) is 0.834. The maximum Gasteiger partial charge on any atom is 0.0358 e. The lowest BCUT2D eigenvalue weighted by Gasteiger charge is -1.96. The molecule has 0 unspecified atom stereocenters. The van der Waals surface area contributed by atoms with Crippen molar-refractivity contribution >= 4 is 0 Å². The highest BCUT2D eigenvalue weighted by atomic mass is 14.6. The molecular weight excluding hydrogens is 112 g/mol. The Morgan fingerprint density at radius 3 is 1.89 bits per heavy atom. The van der Waals surface area contributed by atoms with Gasteiger partial charge in [0.1, 0.15) is 0 Å². The molecule has 0 radical (unpaired) electrons. The maximum atomic E-state index is 5.44. The van der Waals surface area contributed by atoms with Crippen molar-refractivity contribution in [2.45, 2.75) is 6.92 Å². The Balaban J connectivity index is 4.17. The molecule has 0 aromatic heterocycles. The molecule has 0 bridgehead atoms. The Kier molecular flexibility index (Phi) is 2.58. The van der Waals surface area contributed by atoms with Gasteiger partial charge in [-0.25, -0.2) is 0 Å². The van der Waals surface area contributed by atoms with Gasteiger partial charge in [0.05, 0.1) is 0 Å². The summed E-state index contributed by atoms with van der Waals surface area (Å²) < 4.78 is 0. The second-order valence-electron chi connectivity index (χ2n) is 1.95. The van der Waals surface area contributed by atoms with Crippen molar-refractivity contribution in [1.82, 2.24) is 0 Å². The van der Waals surface area contributed by atoms with Gasteiger partial charge in [0.25, 0.3) is 0 Å². The first-order valence-electron chi connectivity index (χ1n) is 2.61. The van der Waals surface area contributed by atoms with Crippen LogP contribution in [0.5, 0.6) is 0 Å². The van der Waals surface area contributed by atoms with Crippen LogP contribution in [0.15, 0.2) is 36.2 Å².